The standard InChI is InChI=1S/C12H15N3O2S/c1-15-12(13)11(9-6-4-3-5-7-9)10(14-15)8-18(2,16)17/h3-7H,8,13H2,1-2H3. The van der Waals surface area contributed by atoms with Crippen LogP contribution in [-0.2, 0) is 22.6 Å². The third-order valence-corrected chi connectivity index (χ3v) is 3.42. The van der Waals surface area contributed by atoms with E-state index in [0.717, 1.165) is 5.56 Å². The summed E-state index contributed by atoms with van der Waals surface area (Å²) in [6, 6.07) is 9.43. The summed E-state index contributed by atoms with van der Waals surface area (Å²) in [5.74, 6) is 0.363. The van der Waals surface area contributed by atoms with Gasteiger partial charge in [0.15, 0.2) is 9.84 Å². The Balaban J connectivity index is 2.59. The number of nitrogen functional groups attached to an aromatic ring is 1. The van der Waals surface area contributed by atoms with Crippen molar-refractivity contribution >= 4 is 15.7 Å². The van der Waals surface area contributed by atoms with E-state index in [2.05, 4.69) is 5.10 Å². The van der Waals surface area contributed by atoms with E-state index in [1.807, 2.05) is 30.3 Å². The zero-order valence-corrected chi connectivity index (χ0v) is 11.1. The van der Waals surface area contributed by atoms with Crippen molar-refractivity contribution in [2.24, 2.45) is 7.05 Å². The Morgan fingerprint density at radius 3 is 2.44 bits per heavy atom. The summed E-state index contributed by atoms with van der Waals surface area (Å²) < 4.78 is 24.3. The Kier molecular flexibility index (Phi) is 3.13. The molecule has 0 fully saturated rings. The maximum Gasteiger partial charge on any atom is 0.153 e. The molecule has 0 saturated carbocycles. The zero-order chi connectivity index (χ0) is 13.3. The maximum absolute atomic E-state index is 11.4. The van der Waals surface area contributed by atoms with Crippen LogP contribution in [-0.4, -0.2) is 24.5 Å². The highest BCUT2D eigenvalue weighted by atomic mass is 32.2. The van der Waals surface area contributed by atoms with E-state index in [9.17, 15) is 8.42 Å². The summed E-state index contributed by atoms with van der Waals surface area (Å²) in [6.07, 6.45) is 1.19. The summed E-state index contributed by atoms with van der Waals surface area (Å²) in [4.78, 5) is 0. The molecule has 1 aromatic heterocycles. The number of sulfone groups is 1. The Bertz CT molecular complexity index is 660. The lowest BCUT2D eigenvalue weighted by atomic mass is 10.1. The zero-order valence-electron chi connectivity index (χ0n) is 10.3. The van der Waals surface area contributed by atoms with Crippen LogP contribution < -0.4 is 5.73 Å². The largest absolute Gasteiger partial charge is 0.383 e. The molecule has 0 aliphatic heterocycles. The highest BCUT2D eigenvalue weighted by Crippen LogP contribution is 2.30. The van der Waals surface area contributed by atoms with Crippen LogP contribution in [0.4, 0.5) is 5.82 Å². The summed E-state index contributed by atoms with van der Waals surface area (Å²) in [6.45, 7) is 0. The Labute approximate surface area is 106 Å². The monoisotopic (exact) mass is 265 g/mol. The first-order chi connectivity index (χ1) is 8.38. The number of anilines is 1. The Hall–Kier alpha value is -1.82. The number of benzene rings is 1. The third kappa shape index (κ3) is 2.53. The van der Waals surface area contributed by atoms with Gasteiger partial charge in [0.25, 0.3) is 0 Å². The SMILES string of the molecule is Cn1nc(CS(C)(=O)=O)c(-c2ccccc2)c1N. The molecule has 0 atom stereocenters. The van der Waals surface area contributed by atoms with Gasteiger partial charge in [-0.3, -0.25) is 4.68 Å². The summed E-state index contributed by atoms with van der Waals surface area (Å²) >= 11 is 0. The number of nitrogens with two attached hydrogens (primary N) is 1. The predicted octanol–water partition coefficient (Wildman–Crippen LogP) is 1.21. The van der Waals surface area contributed by atoms with Gasteiger partial charge in [-0.1, -0.05) is 30.3 Å². The van der Waals surface area contributed by atoms with Gasteiger partial charge in [0.05, 0.1) is 11.4 Å². The van der Waals surface area contributed by atoms with E-state index < -0.39 is 9.84 Å². The van der Waals surface area contributed by atoms with Crippen LogP contribution in [0, 0.1) is 0 Å². The lowest BCUT2D eigenvalue weighted by molar-refractivity contribution is 0.600. The molecule has 0 aliphatic carbocycles. The lowest BCUT2D eigenvalue weighted by Gasteiger charge is -2.03. The molecular weight excluding hydrogens is 250 g/mol. The van der Waals surface area contributed by atoms with Crippen molar-refractivity contribution in [3.05, 3.63) is 36.0 Å². The minimum absolute atomic E-state index is 0.109. The lowest BCUT2D eigenvalue weighted by Crippen LogP contribution is -2.03. The first-order valence-corrected chi connectivity index (χ1v) is 7.49. The van der Waals surface area contributed by atoms with Gasteiger partial charge in [0, 0.05) is 18.9 Å². The number of nitrogens with zero attached hydrogens (tertiary/aromatic N) is 2. The first kappa shape index (κ1) is 12.6. The van der Waals surface area contributed by atoms with Crippen LogP contribution >= 0.6 is 0 Å². The number of aryl methyl sites for hydroxylation is 1. The molecule has 0 aliphatic rings. The third-order valence-electron chi connectivity index (χ3n) is 2.63. The molecule has 2 rings (SSSR count). The topological polar surface area (TPSA) is 78.0 Å². The van der Waals surface area contributed by atoms with Gasteiger partial charge >= 0.3 is 0 Å². The quantitative estimate of drug-likeness (QED) is 0.905. The second-order valence-electron chi connectivity index (χ2n) is 4.27. The highest BCUT2D eigenvalue weighted by molar-refractivity contribution is 7.89. The van der Waals surface area contributed by atoms with Crippen LogP contribution in [0.2, 0.25) is 0 Å². The van der Waals surface area contributed by atoms with E-state index >= 15 is 0 Å². The Morgan fingerprint density at radius 1 is 1.28 bits per heavy atom. The van der Waals surface area contributed by atoms with Crippen LogP contribution in [0.3, 0.4) is 0 Å². The molecule has 5 nitrogen and oxygen atoms in total. The molecule has 0 radical (unpaired) electrons. The number of hydrogen-bond donors (Lipinski definition) is 1. The summed E-state index contributed by atoms with van der Waals surface area (Å²) in [5, 5.41) is 4.18. The molecule has 2 N–H and O–H groups in total. The van der Waals surface area contributed by atoms with Crippen molar-refractivity contribution in [3.63, 3.8) is 0 Å². The molecule has 2 aromatic rings. The second kappa shape index (κ2) is 4.45. The molecule has 0 saturated heterocycles. The number of rotatable bonds is 3. The minimum Gasteiger partial charge on any atom is -0.383 e. The molecule has 18 heavy (non-hydrogen) atoms. The molecule has 1 aromatic carbocycles. The predicted molar refractivity (Wildman–Crippen MR) is 71.6 cm³/mol. The van der Waals surface area contributed by atoms with E-state index in [1.165, 1.54) is 10.9 Å². The van der Waals surface area contributed by atoms with Crippen LogP contribution in [0.15, 0.2) is 30.3 Å². The van der Waals surface area contributed by atoms with Crippen molar-refractivity contribution in [3.8, 4) is 11.1 Å². The fourth-order valence-corrected chi connectivity index (χ4v) is 2.56. The molecule has 0 bridgehead atoms. The molecule has 1 heterocycles. The van der Waals surface area contributed by atoms with Gasteiger partial charge in [0.1, 0.15) is 5.82 Å². The number of aromatic nitrogens is 2. The van der Waals surface area contributed by atoms with E-state index in [4.69, 9.17) is 5.73 Å². The van der Waals surface area contributed by atoms with Crippen molar-refractivity contribution in [2.75, 3.05) is 12.0 Å². The van der Waals surface area contributed by atoms with Gasteiger partial charge in [-0.05, 0) is 5.56 Å². The van der Waals surface area contributed by atoms with Crippen LogP contribution in [0.25, 0.3) is 11.1 Å². The van der Waals surface area contributed by atoms with Crippen molar-refractivity contribution in [1.29, 1.82) is 0 Å². The molecular formula is C12H15N3O2S. The van der Waals surface area contributed by atoms with Gasteiger partial charge in [0.2, 0.25) is 0 Å². The van der Waals surface area contributed by atoms with Crippen molar-refractivity contribution < 1.29 is 8.42 Å². The first-order valence-electron chi connectivity index (χ1n) is 5.43. The molecule has 0 unspecified atom stereocenters. The normalized spacial score (nSPS) is 11.7. The summed E-state index contributed by atoms with van der Waals surface area (Å²) in [7, 11) is -1.44. The maximum atomic E-state index is 11.4. The average molecular weight is 265 g/mol. The van der Waals surface area contributed by atoms with Crippen LogP contribution in [0.1, 0.15) is 5.69 Å². The molecule has 0 amide bonds. The average Bonchev–Trinajstić information content (AvgIpc) is 2.53. The van der Waals surface area contributed by atoms with Crippen LogP contribution in [0.5, 0.6) is 0 Å². The van der Waals surface area contributed by atoms with E-state index in [1.54, 1.807) is 7.05 Å². The van der Waals surface area contributed by atoms with Crippen molar-refractivity contribution in [2.45, 2.75) is 5.75 Å². The van der Waals surface area contributed by atoms with E-state index in [0.29, 0.717) is 17.1 Å². The molecule has 0 spiro atoms. The highest BCUT2D eigenvalue weighted by Gasteiger charge is 2.18. The van der Waals surface area contributed by atoms with Gasteiger partial charge in [-0.25, -0.2) is 8.42 Å². The molecule has 96 valence electrons. The fraction of sp³-hybridized carbons (Fsp3) is 0.250. The minimum atomic E-state index is -3.14. The smallest absolute Gasteiger partial charge is 0.153 e. The van der Waals surface area contributed by atoms with Crippen molar-refractivity contribution in [1.82, 2.24) is 9.78 Å². The Morgan fingerprint density at radius 2 is 1.89 bits per heavy atom. The second-order valence-corrected chi connectivity index (χ2v) is 6.41. The van der Waals surface area contributed by atoms with Gasteiger partial charge < -0.3 is 5.73 Å². The van der Waals surface area contributed by atoms with Gasteiger partial charge in [-0.2, -0.15) is 5.10 Å². The molecule has 6 heteroatoms. The van der Waals surface area contributed by atoms with E-state index in [-0.39, 0.29) is 5.75 Å². The van der Waals surface area contributed by atoms with Gasteiger partial charge in [-0.15, -0.1) is 0 Å². The summed E-state index contributed by atoms with van der Waals surface area (Å²) in [5.41, 5.74) is 8.02. The number of hydrogen-bond acceptors (Lipinski definition) is 4. The fourth-order valence-electron chi connectivity index (χ4n) is 1.86.